The topological polar surface area (TPSA) is 83.8 Å². The minimum Gasteiger partial charge on any atom is -0.459 e. The molecule has 2 N–H and O–H groups in total. The van der Waals surface area contributed by atoms with Gasteiger partial charge in [0.15, 0.2) is 10.8 Å². The molecule has 120 valence electrons. The molecule has 0 fully saturated rings. The third-order valence-corrected chi connectivity index (χ3v) is 4.85. The molecule has 4 aromatic rings. The first kappa shape index (κ1) is 14.6. The van der Waals surface area contributed by atoms with Gasteiger partial charge in [0.25, 0.3) is 5.91 Å². The van der Waals surface area contributed by atoms with Crippen LogP contribution in [0.2, 0.25) is 0 Å². The average Bonchev–Trinajstić information content (AvgIpc) is 3.26. The molecule has 3 aromatic heterocycles. The molecular weight excluding hydrogens is 324 g/mol. The Morgan fingerprint density at radius 3 is 2.92 bits per heavy atom. The fourth-order valence-corrected chi connectivity index (χ4v) is 3.44. The molecule has 0 unspecified atom stereocenters. The number of benzene rings is 1. The largest absolute Gasteiger partial charge is 0.459 e. The standard InChI is InChI=1S/C17H14N4O2S/c1-9-6-7-13(23-9)17-19-10(2)15(24-17)16(22)20-12-5-3-4-11-8-18-21-14(11)12/h3-8H,1-2H3,(H,18,21)(H,20,22). The summed E-state index contributed by atoms with van der Waals surface area (Å²) in [6, 6.07) is 9.39. The second kappa shape index (κ2) is 5.61. The lowest BCUT2D eigenvalue weighted by atomic mass is 10.2. The molecule has 0 aliphatic heterocycles. The van der Waals surface area contributed by atoms with Crippen LogP contribution < -0.4 is 5.32 Å². The van der Waals surface area contributed by atoms with Crippen LogP contribution in [0.3, 0.4) is 0 Å². The monoisotopic (exact) mass is 338 g/mol. The van der Waals surface area contributed by atoms with Crippen LogP contribution in [0.1, 0.15) is 21.1 Å². The summed E-state index contributed by atoms with van der Waals surface area (Å²) in [5.41, 5.74) is 2.17. The van der Waals surface area contributed by atoms with Crippen molar-refractivity contribution >= 4 is 33.8 Å². The van der Waals surface area contributed by atoms with E-state index in [0.717, 1.165) is 16.7 Å². The number of nitrogens with zero attached hydrogens (tertiary/aromatic N) is 2. The Morgan fingerprint density at radius 1 is 1.25 bits per heavy atom. The lowest BCUT2D eigenvalue weighted by Gasteiger charge is -2.05. The summed E-state index contributed by atoms with van der Waals surface area (Å²) in [6.45, 7) is 3.70. The van der Waals surface area contributed by atoms with Crippen molar-refractivity contribution in [2.45, 2.75) is 13.8 Å². The van der Waals surface area contributed by atoms with Crippen molar-refractivity contribution in [3.63, 3.8) is 0 Å². The van der Waals surface area contributed by atoms with Crippen molar-refractivity contribution in [1.29, 1.82) is 0 Å². The van der Waals surface area contributed by atoms with E-state index in [-0.39, 0.29) is 5.91 Å². The van der Waals surface area contributed by atoms with Gasteiger partial charge in [-0.3, -0.25) is 9.89 Å². The van der Waals surface area contributed by atoms with Gasteiger partial charge in [0.1, 0.15) is 10.6 Å². The first-order chi connectivity index (χ1) is 11.6. The molecule has 1 amide bonds. The molecule has 1 aromatic carbocycles. The number of amides is 1. The van der Waals surface area contributed by atoms with Crippen LogP contribution in [0.25, 0.3) is 21.7 Å². The molecular formula is C17H14N4O2S. The van der Waals surface area contributed by atoms with Gasteiger partial charge < -0.3 is 9.73 Å². The maximum atomic E-state index is 12.6. The molecule has 0 aliphatic rings. The van der Waals surface area contributed by atoms with E-state index in [2.05, 4.69) is 20.5 Å². The number of para-hydroxylation sites is 1. The highest BCUT2D eigenvalue weighted by molar-refractivity contribution is 7.17. The van der Waals surface area contributed by atoms with Crippen molar-refractivity contribution in [3.8, 4) is 10.8 Å². The Bertz CT molecular complexity index is 1040. The molecule has 0 radical (unpaired) electrons. The number of furan rings is 1. The summed E-state index contributed by atoms with van der Waals surface area (Å²) in [7, 11) is 0. The molecule has 7 heteroatoms. The lowest BCUT2D eigenvalue weighted by molar-refractivity contribution is 0.103. The van der Waals surface area contributed by atoms with Crippen molar-refractivity contribution in [2.24, 2.45) is 0 Å². The van der Waals surface area contributed by atoms with E-state index >= 15 is 0 Å². The molecule has 0 aliphatic carbocycles. The van der Waals surface area contributed by atoms with Crippen LogP contribution >= 0.6 is 11.3 Å². The Hall–Kier alpha value is -2.93. The van der Waals surface area contributed by atoms with Gasteiger partial charge in [-0.2, -0.15) is 5.10 Å². The van der Waals surface area contributed by atoms with Gasteiger partial charge in [-0.15, -0.1) is 11.3 Å². The fraction of sp³-hybridized carbons (Fsp3) is 0.118. The van der Waals surface area contributed by atoms with E-state index < -0.39 is 0 Å². The number of hydrogen-bond acceptors (Lipinski definition) is 5. The number of H-pyrrole nitrogens is 1. The second-order valence-corrected chi connectivity index (χ2v) is 6.44. The van der Waals surface area contributed by atoms with Gasteiger partial charge in [-0.05, 0) is 32.0 Å². The predicted octanol–water partition coefficient (Wildman–Crippen LogP) is 4.15. The van der Waals surface area contributed by atoms with Gasteiger partial charge in [-0.25, -0.2) is 4.98 Å². The van der Waals surface area contributed by atoms with E-state index in [0.29, 0.717) is 27.0 Å². The number of carbonyl (C=O) groups is 1. The zero-order valence-corrected chi connectivity index (χ0v) is 13.9. The summed E-state index contributed by atoms with van der Waals surface area (Å²) in [6.07, 6.45) is 1.72. The molecule has 0 saturated carbocycles. The highest BCUT2D eigenvalue weighted by atomic mass is 32.1. The maximum Gasteiger partial charge on any atom is 0.267 e. The zero-order valence-electron chi connectivity index (χ0n) is 13.1. The molecule has 6 nitrogen and oxygen atoms in total. The number of fused-ring (bicyclic) bond motifs is 1. The first-order valence-corrected chi connectivity index (χ1v) is 8.21. The third kappa shape index (κ3) is 2.48. The number of rotatable bonds is 3. The number of aromatic nitrogens is 3. The summed E-state index contributed by atoms with van der Waals surface area (Å²) in [5.74, 6) is 1.30. The normalized spacial score (nSPS) is 11.1. The highest BCUT2D eigenvalue weighted by Crippen LogP contribution is 2.30. The number of nitrogens with one attached hydrogen (secondary N) is 2. The molecule has 0 bridgehead atoms. The van der Waals surface area contributed by atoms with E-state index in [1.807, 2.05) is 44.2 Å². The van der Waals surface area contributed by atoms with Crippen molar-refractivity contribution in [2.75, 3.05) is 5.32 Å². The van der Waals surface area contributed by atoms with Crippen LogP contribution in [0.5, 0.6) is 0 Å². The van der Waals surface area contributed by atoms with E-state index in [9.17, 15) is 4.79 Å². The average molecular weight is 338 g/mol. The van der Waals surface area contributed by atoms with Crippen LogP contribution in [0, 0.1) is 13.8 Å². The smallest absolute Gasteiger partial charge is 0.267 e. The number of aromatic amines is 1. The number of anilines is 1. The number of hydrogen-bond donors (Lipinski definition) is 2. The Labute approximate surface area is 141 Å². The molecule has 0 saturated heterocycles. The van der Waals surface area contributed by atoms with Crippen LogP contribution in [0.15, 0.2) is 40.9 Å². The van der Waals surface area contributed by atoms with Crippen molar-refractivity contribution in [1.82, 2.24) is 15.2 Å². The minimum atomic E-state index is -0.193. The predicted molar refractivity (Wildman–Crippen MR) is 93.3 cm³/mol. The highest BCUT2D eigenvalue weighted by Gasteiger charge is 2.18. The van der Waals surface area contributed by atoms with Gasteiger partial charge in [0.05, 0.1) is 23.1 Å². The molecule has 3 heterocycles. The zero-order chi connectivity index (χ0) is 16.7. The SMILES string of the molecule is Cc1ccc(-c2nc(C)c(C(=O)Nc3cccc4cn[nH]c34)s2)o1. The summed E-state index contributed by atoms with van der Waals surface area (Å²) < 4.78 is 5.59. The fourth-order valence-electron chi connectivity index (χ4n) is 2.51. The summed E-state index contributed by atoms with van der Waals surface area (Å²) in [5, 5.41) is 11.5. The van der Waals surface area contributed by atoms with Crippen LogP contribution in [-0.4, -0.2) is 21.1 Å². The maximum absolute atomic E-state index is 12.6. The Morgan fingerprint density at radius 2 is 2.12 bits per heavy atom. The van der Waals surface area contributed by atoms with Gasteiger partial charge in [0.2, 0.25) is 0 Å². The summed E-state index contributed by atoms with van der Waals surface area (Å²) >= 11 is 1.32. The molecule has 4 rings (SSSR count). The van der Waals surface area contributed by atoms with Gasteiger partial charge in [-0.1, -0.05) is 12.1 Å². The lowest BCUT2D eigenvalue weighted by Crippen LogP contribution is -2.11. The molecule has 0 atom stereocenters. The number of thiazole rings is 1. The van der Waals surface area contributed by atoms with E-state index in [4.69, 9.17) is 4.42 Å². The van der Waals surface area contributed by atoms with E-state index in [1.165, 1.54) is 11.3 Å². The quantitative estimate of drug-likeness (QED) is 0.588. The number of aryl methyl sites for hydroxylation is 2. The van der Waals surface area contributed by atoms with Crippen molar-refractivity contribution in [3.05, 3.63) is 52.9 Å². The third-order valence-electron chi connectivity index (χ3n) is 3.68. The van der Waals surface area contributed by atoms with Gasteiger partial charge in [0, 0.05) is 5.39 Å². The van der Waals surface area contributed by atoms with E-state index in [1.54, 1.807) is 6.20 Å². The molecule has 24 heavy (non-hydrogen) atoms. The van der Waals surface area contributed by atoms with Crippen LogP contribution in [0.4, 0.5) is 5.69 Å². The Balaban J connectivity index is 1.65. The first-order valence-electron chi connectivity index (χ1n) is 7.39. The Kier molecular flexibility index (Phi) is 3.42. The molecule has 0 spiro atoms. The van der Waals surface area contributed by atoms with Gasteiger partial charge >= 0.3 is 0 Å². The van der Waals surface area contributed by atoms with Crippen molar-refractivity contribution < 1.29 is 9.21 Å². The minimum absolute atomic E-state index is 0.193. The number of carbonyl (C=O) groups excluding carboxylic acids is 1. The van der Waals surface area contributed by atoms with Crippen LogP contribution in [-0.2, 0) is 0 Å². The second-order valence-electron chi connectivity index (χ2n) is 5.44. The summed E-state index contributed by atoms with van der Waals surface area (Å²) in [4.78, 5) is 17.7.